The summed E-state index contributed by atoms with van der Waals surface area (Å²) in [6.07, 6.45) is 2.96. The van der Waals surface area contributed by atoms with E-state index in [2.05, 4.69) is 15.5 Å². The van der Waals surface area contributed by atoms with Crippen LogP contribution >= 0.6 is 11.3 Å². The van der Waals surface area contributed by atoms with E-state index in [1.54, 1.807) is 17.3 Å². The predicted molar refractivity (Wildman–Crippen MR) is 95.3 cm³/mol. The topological polar surface area (TPSA) is 70.2 Å². The molecule has 0 unspecified atom stereocenters. The molecule has 142 valence electrons. The molecular weight excluding hydrogens is 374 g/mol. The lowest BCUT2D eigenvalue weighted by molar-refractivity contribution is 0.00523. The van der Waals surface area contributed by atoms with E-state index in [0.29, 0.717) is 45.3 Å². The normalized spacial score (nSPS) is 33.3. The molecule has 5 heterocycles. The van der Waals surface area contributed by atoms with Gasteiger partial charge in [0.25, 0.3) is 11.8 Å². The highest BCUT2D eigenvalue weighted by molar-refractivity contribution is 7.18. The van der Waals surface area contributed by atoms with Gasteiger partial charge in [0.1, 0.15) is 4.88 Å². The van der Waals surface area contributed by atoms with Crippen LogP contribution in [0.25, 0.3) is 10.4 Å². The van der Waals surface area contributed by atoms with Gasteiger partial charge in [0.2, 0.25) is 0 Å². The van der Waals surface area contributed by atoms with Gasteiger partial charge in [-0.05, 0) is 17.8 Å². The number of H-pyrrole nitrogens is 1. The lowest BCUT2D eigenvalue weighted by Crippen LogP contribution is -2.49. The maximum Gasteiger partial charge on any atom is 0.269 e. The van der Waals surface area contributed by atoms with Crippen molar-refractivity contribution in [1.29, 1.82) is 0 Å². The number of halogens is 2. The second kappa shape index (κ2) is 5.29. The molecule has 6 rings (SSSR count). The van der Waals surface area contributed by atoms with E-state index in [-0.39, 0.29) is 24.9 Å². The Labute approximate surface area is 157 Å². The first-order chi connectivity index (χ1) is 13.0. The number of carbonyl (C=O) groups excluding carboxylic acids is 1. The molecule has 0 spiro atoms. The van der Waals surface area contributed by atoms with Crippen molar-refractivity contribution < 1.29 is 18.3 Å². The molecule has 2 N–H and O–H groups in total. The quantitative estimate of drug-likeness (QED) is 0.822. The van der Waals surface area contributed by atoms with Crippen molar-refractivity contribution in [3.63, 3.8) is 0 Å². The number of fused-ring (bicyclic) bond motifs is 1. The summed E-state index contributed by atoms with van der Waals surface area (Å²) in [6, 6.07) is -0.102. The average Bonchev–Trinajstić information content (AvgIpc) is 3.07. The van der Waals surface area contributed by atoms with Crippen molar-refractivity contribution in [2.45, 2.75) is 18.4 Å². The zero-order valence-corrected chi connectivity index (χ0v) is 15.2. The van der Waals surface area contributed by atoms with Crippen molar-refractivity contribution in [2.24, 2.45) is 17.8 Å². The highest BCUT2D eigenvalue weighted by Gasteiger charge is 2.59. The van der Waals surface area contributed by atoms with Gasteiger partial charge in [-0.15, -0.1) is 11.3 Å². The van der Waals surface area contributed by atoms with E-state index in [0.717, 1.165) is 18.8 Å². The number of hydrogen-bond acceptors (Lipinski definition) is 5. The summed E-state index contributed by atoms with van der Waals surface area (Å²) in [7, 11) is 0. The summed E-state index contributed by atoms with van der Waals surface area (Å²) < 4.78 is 34.6. The van der Waals surface area contributed by atoms with Crippen LogP contribution in [0.4, 0.5) is 14.5 Å². The maximum atomic E-state index is 14.6. The van der Waals surface area contributed by atoms with Crippen LogP contribution in [0.15, 0.2) is 12.4 Å². The minimum absolute atomic E-state index is 0.102. The lowest BCUT2D eigenvalue weighted by atomic mass is 9.97. The van der Waals surface area contributed by atoms with E-state index in [1.807, 2.05) is 0 Å². The number of nitrogens with zero attached hydrogens (tertiary/aromatic N) is 2. The zero-order chi connectivity index (χ0) is 18.3. The number of anilines is 1. The van der Waals surface area contributed by atoms with Crippen molar-refractivity contribution in [3.05, 3.63) is 22.8 Å². The standard InChI is InChI=1S/C18H18F2N4O2S/c19-18(20)1-9-14-16(27-15(9)8-2-21-22-3-8)17(25)23-12(4-24(14)7-18)13-10-5-26-6-11(10)13/h2-3,10-13H,1,4-7H2,(H,21,22)(H,23,25)/t10-,11+,12-,13+/m0/s1. The Balaban J connectivity index is 1.43. The first-order valence-electron chi connectivity index (χ1n) is 9.18. The molecule has 4 aliphatic rings. The molecule has 0 radical (unpaired) electrons. The number of carbonyl (C=O) groups is 1. The number of thiophene rings is 1. The van der Waals surface area contributed by atoms with Crippen LogP contribution in [0, 0.1) is 17.8 Å². The van der Waals surface area contributed by atoms with Gasteiger partial charge in [0.15, 0.2) is 0 Å². The van der Waals surface area contributed by atoms with Gasteiger partial charge in [0, 0.05) is 35.2 Å². The van der Waals surface area contributed by atoms with E-state index in [4.69, 9.17) is 4.74 Å². The Morgan fingerprint density at radius 1 is 1.30 bits per heavy atom. The Morgan fingerprint density at radius 2 is 2.11 bits per heavy atom. The molecule has 2 aromatic rings. The predicted octanol–water partition coefficient (Wildman–Crippen LogP) is 2.14. The van der Waals surface area contributed by atoms with E-state index in [1.165, 1.54) is 11.3 Å². The second-order valence-corrected chi connectivity index (χ2v) is 9.03. The third kappa shape index (κ3) is 2.30. The van der Waals surface area contributed by atoms with Crippen molar-refractivity contribution in [3.8, 4) is 10.4 Å². The van der Waals surface area contributed by atoms with Crippen LogP contribution < -0.4 is 10.2 Å². The Morgan fingerprint density at radius 3 is 2.85 bits per heavy atom. The number of rotatable bonds is 2. The molecular formula is C18H18F2N4O2S. The highest BCUT2D eigenvalue weighted by atomic mass is 32.1. The summed E-state index contributed by atoms with van der Waals surface area (Å²) in [5, 5.41) is 9.80. The first-order valence-corrected chi connectivity index (χ1v) is 10.00. The smallest absolute Gasteiger partial charge is 0.269 e. The van der Waals surface area contributed by atoms with Crippen molar-refractivity contribution in [1.82, 2.24) is 15.5 Å². The third-order valence-corrected chi connectivity index (χ3v) is 7.61. The fourth-order valence-electron chi connectivity index (χ4n) is 5.16. The number of amides is 1. The van der Waals surface area contributed by atoms with Gasteiger partial charge < -0.3 is 15.0 Å². The third-order valence-electron chi connectivity index (χ3n) is 6.34. The van der Waals surface area contributed by atoms with Crippen LogP contribution in [0.5, 0.6) is 0 Å². The van der Waals surface area contributed by atoms with Gasteiger partial charge in [-0.3, -0.25) is 9.89 Å². The monoisotopic (exact) mass is 392 g/mol. The molecule has 1 saturated carbocycles. The summed E-state index contributed by atoms with van der Waals surface area (Å²) in [6.45, 7) is 1.53. The molecule has 1 aliphatic carbocycles. The zero-order valence-electron chi connectivity index (χ0n) is 14.4. The number of hydrogen-bond donors (Lipinski definition) is 2. The molecule has 0 aromatic carbocycles. The van der Waals surface area contributed by atoms with E-state index < -0.39 is 5.92 Å². The summed E-state index contributed by atoms with van der Waals surface area (Å²) in [4.78, 5) is 16.0. The van der Waals surface area contributed by atoms with Crippen LogP contribution in [0.1, 0.15) is 15.2 Å². The van der Waals surface area contributed by atoms with Crippen LogP contribution in [-0.2, 0) is 11.2 Å². The summed E-state index contributed by atoms with van der Waals surface area (Å²) in [5.41, 5.74) is 2.02. The SMILES string of the molecule is O=C1N[C@H]([C@H]2[C@@H]3COC[C@@H]32)CN2CC(F)(F)Cc3c(-c4cn[nH]c4)sc1c32. The summed E-state index contributed by atoms with van der Waals surface area (Å²) >= 11 is 1.29. The van der Waals surface area contributed by atoms with Crippen molar-refractivity contribution in [2.75, 3.05) is 31.2 Å². The van der Waals surface area contributed by atoms with Gasteiger partial charge in [-0.25, -0.2) is 8.78 Å². The maximum absolute atomic E-state index is 14.6. The largest absolute Gasteiger partial charge is 0.381 e. The number of alkyl halides is 2. The Bertz CT molecular complexity index is 918. The van der Waals surface area contributed by atoms with E-state index in [9.17, 15) is 13.6 Å². The molecule has 1 amide bonds. The van der Waals surface area contributed by atoms with Gasteiger partial charge >= 0.3 is 0 Å². The average molecular weight is 392 g/mol. The fraction of sp³-hybridized carbons (Fsp3) is 0.556. The van der Waals surface area contributed by atoms with Gasteiger partial charge in [0.05, 0.1) is 37.7 Å². The van der Waals surface area contributed by atoms with Gasteiger partial charge in [-0.2, -0.15) is 5.10 Å². The molecule has 2 aromatic heterocycles. The number of nitrogens with one attached hydrogen (secondary N) is 2. The number of aromatic amines is 1. The Kier molecular flexibility index (Phi) is 3.13. The summed E-state index contributed by atoms with van der Waals surface area (Å²) in [5.74, 6) is -1.71. The van der Waals surface area contributed by atoms with E-state index >= 15 is 0 Å². The van der Waals surface area contributed by atoms with Crippen LogP contribution in [-0.4, -0.2) is 54.4 Å². The highest BCUT2D eigenvalue weighted by Crippen LogP contribution is 2.54. The molecule has 6 nitrogen and oxygen atoms in total. The first kappa shape index (κ1) is 16.0. The lowest BCUT2D eigenvalue weighted by Gasteiger charge is -2.36. The molecule has 9 heteroatoms. The molecule has 1 saturated heterocycles. The van der Waals surface area contributed by atoms with Crippen molar-refractivity contribution >= 4 is 22.9 Å². The van der Waals surface area contributed by atoms with Gasteiger partial charge in [-0.1, -0.05) is 0 Å². The van der Waals surface area contributed by atoms with Crippen LogP contribution in [0.2, 0.25) is 0 Å². The fourth-order valence-corrected chi connectivity index (χ4v) is 6.39. The molecule has 4 atom stereocenters. The molecule has 2 fully saturated rings. The molecule has 27 heavy (non-hydrogen) atoms. The number of aromatic nitrogens is 2. The molecule has 0 bridgehead atoms. The molecule has 3 aliphatic heterocycles. The van der Waals surface area contributed by atoms with Crippen LogP contribution in [0.3, 0.4) is 0 Å². The number of ether oxygens (including phenoxy) is 1. The Hall–Kier alpha value is -2.00. The minimum atomic E-state index is -2.82. The second-order valence-electron chi connectivity index (χ2n) is 8.01. The minimum Gasteiger partial charge on any atom is -0.381 e.